The quantitative estimate of drug-likeness (QED) is 0.186. The Kier molecular flexibility index (Phi) is 7.66. The summed E-state index contributed by atoms with van der Waals surface area (Å²) >= 11 is 0. The number of rotatable bonds is 8. The lowest BCUT2D eigenvalue weighted by Crippen LogP contribution is -2.39. The zero-order valence-corrected chi connectivity index (χ0v) is 24.8. The summed E-state index contributed by atoms with van der Waals surface area (Å²) in [5.41, 5.74) is 1.83. The third kappa shape index (κ3) is 5.35. The molecule has 42 heavy (non-hydrogen) atoms. The molecule has 208 valence electrons. The second kappa shape index (κ2) is 11.5. The minimum absolute atomic E-state index is 0.119. The normalized spacial score (nSPS) is 13.1. The van der Waals surface area contributed by atoms with Crippen molar-refractivity contribution in [2.24, 2.45) is 0 Å². The molecule has 0 unspecified atom stereocenters. The lowest BCUT2D eigenvalue weighted by Gasteiger charge is -2.29. The molecule has 0 saturated heterocycles. The molecule has 0 aliphatic carbocycles. The van der Waals surface area contributed by atoms with E-state index in [2.05, 4.69) is 4.72 Å². The SMILES string of the molecule is Cc1ccc(S(=O)(=O)N[C@H](/C=C/c2ccccc2)P(=O)(c2cccc3ccccc23)c2cccc3ccccc23)cc1. The highest BCUT2D eigenvalue weighted by molar-refractivity contribution is 7.90. The van der Waals surface area contributed by atoms with Crippen molar-refractivity contribution in [2.45, 2.75) is 17.6 Å². The van der Waals surface area contributed by atoms with Crippen molar-refractivity contribution in [2.75, 3.05) is 0 Å². The van der Waals surface area contributed by atoms with Gasteiger partial charge in [0.05, 0.1) is 4.90 Å². The molecule has 0 spiro atoms. The Balaban J connectivity index is 1.65. The van der Waals surface area contributed by atoms with E-state index < -0.39 is 22.9 Å². The van der Waals surface area contributed by atoms with Gasteiger partial charge in [0, 0.05) is 10.6 Å². The molecule has 4 nitrogen and oxygen atoms in total. The molecule has 1 atom stereocenters. The first-order chi connectivity index (χ1) is 20.4. The van der Waals surface area contributed by atoms with Gasteiger partial charge in [-0.3, -0.25) is 0 Å². The maximum atomic E-state index is 16.2. The Morgan fingerprint density at radius 3 is 1.69 bits per heavy atom. The van der Waals surface area contributed by atoms with Crippen molar-refractivity contribution in [3.05, 3.63) is 157 Å². The van der Waals surface area contributed by atoms with Gasteiger partial charge < -0.3 is 4.57 Å². The molecular weight excluding hydrogens is 557 g/mol. The van der Waals surface area contributed by atoms with Gasteiger partial charge in [-0.2, -0.15) is 4.72 Å². The Hall–Kier alpha value is -4.28. The fraction of sp³-hybridized carbons (Fsp3) is 0.0556. The van der Waals surface area contributed by atoms with Crippen LogP contribution in [-0.2, 0) is 14.6 Å². The number of aryl methyl sites for hydroxylation is 1. The molecule has 0 saturated carbocycles. The van der Waals surface area contributed by atoms with Gasteiger partial charge in [-0.05, 0) is 46.2 Å². The van der Waals surface area contributed by atoms with Crippen molar-refractivity contribution < 1.29 is 13.0 Å². The molecule has 0 aliphatic heterocycles. The number of fused-ring (bicyclic) bond motifs is 2. The lowest BCUT2D eigenvalue weighted by atomic mass is 10.1. The minimum atomic E-state index is -4.06. The van der Waals surface area contributed by atoms with Crippen molar-refractivity contribution in [1.82, 2.24) is 4.72 Å². The van der Waals surface area contributed by atoms with Crippen LogP contribution < -0.4 is 15.3 Å². The van der Waals surface area contributed by atoms with Gasteiger partial charge in [0.1, 0.15) is 5.78 Å². The van der Waals surface area contributed by atoms with Crippen molar-refractivity contribution in [3.63, 3.8) is 0 Å². The zero-order chi connectivity index (χ0) is 29.2. The molecule has 0 fully saturated rings. The van der Waals surface area contributed by atoms with Crippen LogP contribution in [-0.4, -0.2) is 14.2 Å². The predicted octanol–water partition coefficient (Wildman–Crippen LogP) is 7.63. The number of sulfonamides is 1. The number of hydrogen-bond donors (Lipinski definition) is 1. The van der Waals surface area contributed by atoms with Crippen LogP contribution in [0.25, 0.3) is 27.6 Å². The van der Waals surface area contributed by atoms with Crippen molar-refractivity contribution in [3.8, 4) is 0 Å². The van der Waals surface area contributed by atoms with E-state index in [-0.39, 0.29) is 4.90 Å². The molecule has 6 rings (SSSR count). The lowest BCUT2D eigenvalue weighted by molar-refractivity contribution is 0.567. The molecule has 0 amide bonds. The molecule has 0 heterocycles. The van der Waals surface area contributed by atoms with E-state index in [1.807, 2.05) is 128 Å². The van der Waals surface area contributed by atoms with E-state index in [1.54, 1.807) is 30.3 Å². The van der Waals surface area contributed by atoms with Crippen LogP contribution in [0.5, 0.6) is 0 Å². The van der Waals surface area contributed by atoms with Crippen LogP contribution in [0.2, 0.25) is 0 Å². The van der Waals surface area contributed by atoms with E-state index in [4.69, 9.17) is 0 Å². The smallest absolute Gasteiger partial charge is 0.241 e. The standard InChI is InChI=1S/C36H30NO3PS/c1-27-21-24-31(25-22-27)42(39,40)37-36(26-23-28-11-3-2-4-12-28)41(38,34-19-9-15-29-13-5-7-17-32(29)34)35-20-10-16-30-14-6-8-18-33(30)35/h2-26,36-37H,1H3/b26-23+/t36-/m0/s1. The van der Waals surface area contributed by atoms with Gasteiger partial charge in [0.2, 0.25) is 10.0 Å². The van der Waals surface area contributed by atoms with Crippen LogP contribution in [0.4, 0.5) is 0 Å². The highest BCUT2D eigenvalue weighted by Gasteiger charge is 2.40. The van der Waals surface area contributed by atoms with Gasteiger partial charge in [-0.1, -0.05) is 145 Å². The molecule has 6 heteroatoms. The minimum Gasteiger partial charge on any atom is -0.312 e. The maximum absolute atomic E-state index is 16.2. The summed E-state index contributed by atoms with van der Waals surface area (Å²) in [5.74, 6) is -1.08. The van der Waals surface area contributed by atoms with E-state index in [1.165, 1.54) is 0 Å². The Labute approximate surface area is 246 Å². The Morgan fingerprint density at radius 1 is 0.619 bits per heavy atom. The van der Waals surface area contributed by atoms with Crippen LogP contribution in [0.15, 0.2) is 150 Å². The molecule has 6 aromatic carbocycles. The number of benzene rings is 6. The van der Waals surface area contributed by atoms with Gasteiger partial charge in [-0.15, -0.1) is 0 Å². The molecule has 0 radical (unpaired) electrons. The molecule has 6 aromatic rings. The van der Waals surface area contributed by atoms with Gasteiger partial charge in [0.25, 0.3) is 0 Å². The van der Waals surface area contributed by atoms with E-state index in [9.17, 15) is 8.42 Å². The summed E-state index contributed by atoms with van der Waals surface area (Å²) in [7, 11) is -7.83. The monoisotopic (exact) mass is 587 g/mol. The Bertz CT molecular complexity index is 1980. The predicted molar refractivity (Wildman–Crippen MR) is 176 cm³/mol. The topological polar surface area (TPSA) is 63.2 Å². The molecule has 0 aliphatic rings. The van der Waals surface area contributed by atoms with Gasteiger partial charge in [-0.25, -0.2) is 8.42 Å². The molecule has 1 N–H and O–H groups in total. The van der Waals surface area contributed by atoms with E-state index >= 15 is 4.57 Å². The highest BCUT2D eigenvalue weighted by Crippen LogP contribution is 2.51. The van der Waals surface area contributed by atoms with Crippen LogP contribution in [0, 0.1) is 6.92 Å². The van der Waals surface area contributed by atoms with E-state index in [0.29, 0.717) is 10.6 Å². The molecule has 0 aromatic heterocycles. The Morgan fingerprint density at radius 2 is 1.12 bits per heavy atom. The van der Waals surface area contributed by atoms with Crippen LogP contribution in [0.3, 0.4) is 0 Å². The van der Waals surface area contributed by atoms with Gasteiger partial charge in [0.15, 0.2) is 7.14 Å². The van der Waals surface area contributed by atoms with Crippen molar-refractivity contribution >= 4 is 55.4 Å². The van der Waals surface area contributed by atoms with Crippen LogP contribution in [0.1, 0.15) is 11.1 Å². The first kappa shape index (κ1) is 27.9. The highest BCUT2D eigenvalue weighted by atomic mass is 32.2. The molecular formula is C36H30NO3PS. The fourth-order valence-electron chi connectivity index (χ4n) is 5.37. The van der Waals surface area contributed by atoms with Crippen LogP contribution >= 0.6 is 7.14 Å². The van der Waals surface area contributed by atoms with Gasteiger partial charge >= 0.3 is 0 Å². The second-order valence-corrected chi connectivity index (χ2v) is 14.9. The zero-order valence-electron chi connectivity index (χ0n) is 23.1. The third-order valence-corrected chi connectivity index (χ3v) is 12.4. The number of nitrogens with one attached hydrogen (secondary N) is 1. The fourth-order valence-corrected chi connectivity index (χ4v) is 10.3. The average molecular weight is 588 g/mol. The summed E-state index contributed by atoms with van der Waals surface area (Å²) in [6.45, 7) is 1.91. The first-order valence-corrected chi connectivity index (χ1v) is 17.0. The summed E-state index contributed by atoms with van der Waals surface area (Å²) in [5, 5.41) is 4.72. The summed E-state index contributed by atoms with van der Waals surface area (Å²) in [6, 6.07) is 43.4. The largest absolute Gasteiger partial charge is 0.312 e. The molecule has 0 bridgehead atoms. The second-order valence-electron chi connectivity index (χ2n) is 10.3. The van der Waals surface area contributed by atoms with Crippen molar-refractivity contribution in [1.29, 1.82) is 0 Å². The summed E-state index contributed by atoms with van der Waals surface area (Å²) < 4.78 is 46.9. The van der Waals surface area contributed by atoms with E-state index in [0.717, 1.165) is 32.7 Å². The average Bonchev–Trinajstić information content (AvgIpc) is 3.03. The maximum Gasteiger partial charge on any atom is 0.241 e. The first-order valence-electron chi connectivity index (χ1n) is 13.7. The number of hydrogen-bond acceptors (Lipinski definition) is 3. The third-order valence-electron chi connectivity index (χ3n) is 7.52. The summed E-state index contributed by atoms with van der Waals surface area (Å²) in [6.07, 6.45) is 3.58. The summed E-state index contributed by atoms with van der Waals surface area (Å²) in [4.78, 5) is 0.119.